The summed E-state index contributed by atoms with van der Waals surface area (Å²) in [5, 5.41) is 13.1. The van der Waals surface area contributed by atoms with Gasteiger partial charge in [-0.25, -0.2) is 0 Å². The second-order valence-corrected chi connectivity index (χ2v) is 10.3. The van der Waals surface area contributed by atoms with Crippen LogP contribution in [0.2, 0.25) is 0 Å². The molecular formula is C27H21BrNO4P. The fraction of sp³-hybridized carbons (Fsp3) is 0.0741. The van der Waals surface area contributed by atoms with Crippen molar-refractivity contribution < 1.29 is 14.2 Å². The number of benzene rings is 4. The molecule has 0 N–H and O–H groups in total. The molecule has 1 atom stereocenters. The summed E-state index contributed by atoms with van der Waals surface area (Å²) in [7, 11) is -1.19. The van der Waals surface area contributed by atoms with E-state index in [1.807, 2.05) is 84.9 Å². The number of halogens is 1. The molecule has 0 fully saturated rings. The molecular weight excluding hydrogens is 513 g/mol. The summed E-state index contributed by atoms with van der Waals surface area (Å²) >= 11 is 3.47. The number of nitrogens with zero attached hydrogens (tertiary/aromatic N) is 1. The number of ketones is 1. The van der Waals surface area contributed by atoms with Gasteiger partial charge in [-0.1, -0.05) is 88.7 Å². The SMILES string of the molecule is O=C(C[C@H](OP(c1ccccc1)c1ccccc1)c1ccc(Br)cc1)c1ccc([N+](=O)[O-])cc1. The lowest BCUT2D eigenvalue weighted by Crippen LogP contribution is -2.18. The van der Waals surface area contributed by atoms with Crippen LogP contribution in [0.15, 0.2) is 114 Å². The van der Waals surface area contributed by atoms with Gasteiger partial charge in [0.25, 0.3) is 5.69 Å². The first-order chi connectivity index (χ1) is 16.5. The minimum absolute atomic E-state index is 0.0473. The van der Waals surface area contributed by atoms with Gasteiger partial charge in [-0.2, -0.15) is 0 Å². The van der Waals surface area contributed by atoms with Crippen molar-refractivity contribution in [2.75, 3.05) is 0 Å². The predicted octanol–water partition coefficient (Wildman–Crippen LogP) is 6.74. The highest BCUT2D eigenvalue weighted by Gasteiger charge is 2.25. The Labute approximate surface area is 207 Å². The van der Waals surface area contributed by atoms with E-state index >= 15 is 0 Å². The van der Waals surface area contributed by atoms with E-state index in [9.17, 15) is 14.9 Å². The van der Waals surface area contributed by atoms with E-state index in [1.165, 1.54) is 24.3 Å². The Bertz CT molecular complexity index is 1210. The quantitative estimate of drug-likeness (QED) is 0.103. The fourth-order valence-electron chi connectivity index (χ4n) is 3.47. The molecule has 0 aromatic heterocycles. The lowest BCUT2D eigenvalue weighted by atomic mass is 10.00. The van der Waals surface area contributed by atoms with Crippen molar-refractivity contribution in [2.45, 2.75) is 12.5 Å². The lowest BCUT2D eigenvalue weighted by Gasteiger charge is -2.25. The van der Waals surface area contributed by atoms with Crippen LogP contribution in [0.1, 0.15) is 28.4 Å². The molecule has 0 heterocycles. The van der Waals surface area contributed by atoms with Crippen LogP contribution in [0.25, 0.3) is 0 Å². The normalized spacial score (nSPS) is 11.8. The number of non-ortho nitro benzene ring substituents is 1. The largest absolute Gasteiger partial charge is 0.341 e. The number of Topliss-reactive ketones (excluding diaryl/α,β-unsaturated/α-hetero) is 1. The monoisotopic (exact) mass is 533 g/mol. The third-order valence-electron chi connectivity index (χ3n) is 5.23. The lowest BCUT2D eigenvalue weighted by molar-refractivity contribution is -0.384. The molecule has 0 unspecified atom stereocenters. The number of nitro benzene ring substituents is 1. The average Bonchev–Trinajstić information content (AvgIpc) is 2.88. The van der Waals surface area contributed by atoms with Gasteiger partial charge in [0.15, 0.2) is 5.78 Å². The Morgan fingerprint density at radius 1 is 0.824 bits per heavy atom. The van der Waals surface area contributed by atoms with Crippen molar-refractivity contribution in [3.05, 3.63) is 135 Å². The predicted molar refractivity (Wildman–Crippen MR) is 139 cm³/mol. The molecule has 170 valence electrons. The average molecular weight is 534 g/mol. The molecule has 0 aliphatic carbocycles. The summed E-state index contributed by atoms with van der Waals surface area (Å²) in [6.07, 6.45) is -0.389. The van der Waals surface area contributed by atoms with Crippen molar-refractivity contribution in [3.8, 4) is 0 Å². The Kier molecular flexibility index (Phi) is 7.96. The van der Waals surface area contributed by atoms with Crippen LogP contribution in [-0.4, -0.2) is 10.7 Å². The van der Waals surface area contributed by atoms with Crippen molar-refractivity contribution >= 4 is 46.2 Å². The molecule has 0 bridgehead atoms. The van der Waals surface area contributed by atoms with Crippen LogP contribution in [0.3, 0.4) is 0 Å². The fourth-order valence-corrected chi connectivity index (χ4v) is 5.62. The first kappa shape index (κ1) is 24.0. The highest BCUT2D eigenvalue weighted by Crippen LogP contribution is 2.42. The van der Waals surface area contributed by atoms with E-state index in [0.29, 0.717) is 5.56 Å². The molecule has 4 aromatic carbocycles. The van der Waals surface area contributed by atoms with Crippen molar-refractivity contribution in [1.82, 2.24) is 0 Å². The van der Waals surface area contributed by atoms with E-state index in [4.69, 9.17) is 4.52 Å². The van der Waals surface area contributed by atoms with Gasteiger partial charge in [-0.05, 0) is 29.8 Å². The summed E-state index contributed by atoms with van der Waals surface area (Å²) in [4.78, 5) is 23.7. The maximum atomic E-state index is 13.2. The van der Waals surface area contributed by atoms with Gasteiger partial charge in [0.2, 0.25) is 0 Å². The van der Waals surface area contributed by atoms with Gasteiger partial charge in [-0.15, -0.1) is 0 Å². The second-order valence-electron chi connectivity index (χ2n) is 7.54. The van der Waals surface area contributed by atoms with Crippen molar-refractivity contribution in [2.24, 2.45) is 0 Å². The number of hydrogen-bond donors (Lipinski definition) is 0. The third-order valence-corrected chi connectivity index (χ3v) is 7.76. The van der Waals surface area contributed by atoms with Gasteiger partial charge in [-0.3, -0.25) is 14.9 Å². The minimum Gasteiger partial charge on any atom is -0.341 e. The van der Waals surface area contributed by atoms with Gasteiger partial charge < -0.3 is 4.52 Å². The van der Waals surface area contributed by atoms with Gasteiger partial charge in [0.05, 0.1) is 19.2 Å². The van der Waals surface area contributed by atoms with Crippen molar-refractivity contribution in [1.29, 1.82) is 0 Å². The summed E-state index contributed by atoms with van der Waals surface area (Å²) < 4.78 is 7.66. The zero-order chi connectivity index (χ0) is 23.9. The molecule has 4 rings (SSSR count). The molecule has 0 aliphatic heterocycles. The number of rotatable bonds is 9. The summed E-state index contributed by atoms with van der Waals surface area (Å²) in [5.74, 6) is -0.140. The maximum Gasteiger partial charge on any atom is 0.269 e. The van der Waals surface area contributed by atoms with Gasteiger partial charge in [0, 0.05) is 39.2 Å². The molecule has 34 heavy (non-hydrogen) atoms. The van der Waals surface area contributed by atoms with Crippen LogP contribution in [-0.2, 0) is 4.52 Å². The zero-order valence-electron chi connectivity index (χ0n) is 18.1. The Balaban J connectivity index is 1.67. The molecule has 0 saturated carbocycles. The summed E-state index contributed by atoms with van der Waals surface area (Å²) in [5.41, 5.74) is 1.26. The van der Waals surface area contributed by atoms with E-state index < -0.39 is 19.2 Å². The van der Waals surface area contributed by atoms with E-state index in [2.05, 4.69) is 15.9 Å². The van der Waals surface area contributed by atoms with Crippen LogP contribution < -0.4 is 10.6 Å². The summed E-state index contributed by atoms with van der Waals surface area (Å²) in [6.45, 7) is 0. The Hall–Kier alpha value is -3.18. The first-order valence-corrected chi connectivity index (χ1v) is 12.7. The number of carbonyl (C=O) groups excluding carboxylic acids is 1. The van der Waals surface area contributed by atoms with E-state index in [-0.39, 0.29) is 17.9 Å². The van der Waals surface area contributed by atoms with Gasteiger partial charge in [0.1, 0.15) is 0 Å². The molecule has 4 aromatic rings. The highest BCUT2D eigenvalue weighted by atomic mass is 79.9. The molecule has 0 amide bonds. The third kappa shape index (κ3) is 6.03. The molecule has 7 heteroatoms. The molecule has 5 nitrogen and oxygen atoms in total. The topological polar surface area (TPSA) is 69.4 Å². The molecule has 0 aliphatic rings. The Morgan fingerprint density at radius 3 is 1.85 bits per heavy atom. The van der Waals surface area contributed by atoms with E-state index in [0.717, 1.165) is 20.6 Å². The zero-order valence-corrected chi connectivity index (χ0v) is 20.6. The smallest absolute Gasteiger partial charge is 0.269 e. The van der Waals surface area contributed by atoms with Gasteiger partial charge >= 0.3 is 0 Å². The van der Waals surface area contributed by atoms with Crippen LogP contribution >= 0.6 is 24.1 Å². The van der Waals surface area contributed by atoms with Crippen LogP contribution in [0.4, 0.5) is 5.69 Å². The Morgan fingerprint density at radius 2 is 1.35 bits per heavy atom. The number of nitro groups is 1. The first-order valence-electron chi connectivity index (χ1n) is 10.6. The van der Waals surface area contributed by atoms with Crippen molar-refractivity contribution in [3.63, 3.8) is 0 Å². The minimum atomic E-state index is -1.19. The summed E-state index contributed by atoms with van der Waals surface area (Å²) in [6, 6.07) is 33.4. The highest BCUT2D eigenvalue weighted by molar-refractivity contribution is 9.10. The van der Waals surface area contributed by atoms with Crippen LogP contribution in [0.5, 0.6) is 0 Å². The number of carbonyl (C=O) groups is 1. The van der Waals surface area contributed by atoms with Crippen LogP contribution in [0, 0.1) is 10.1 Å². The molecule has 0 saturated heterocycles. The standard InChI is InChI=1S/C27H21BrNO4P/c28-22-15-11-21(12-16-22)27(19-26(30)20-13-17-23(18-14-20)29(31)32)33-34(24-7-3-1-4-8-24)25-9-5-2-6-10-25/h1-18,27H,19H2/t27-/m0/s1. The molecule has 0 spiro atoms. The maximum absolute atomic E-state index is 13.2. The van der Waals surface area contributed by atoms with E-state index in [1.54, 1.807) is 0 Å². The molecule has 0 radical (unpaired) electrons. The second kappa shape index (κ2) is 11.3. The number of hydrogen-bond acceptors (Lipinski definition) is 4.